The van der Waals surface area contributed by atoms with Crippen LogP contribution in [0.4, 0.5) is 17.1 Å². The lowest BCUT2D eigenvalue weighted by Gasteiger charge is -2.35. The molecule has 50 heavy (non-hydrogen) atoms. The first-order valence-electron chi connectivity index (χ1n) is 18.9. The Bertz CT molecular complexity index is 2220. The van der Waals surface area contributed by atoms with Gasteiger partial charge in [0.1, 0.15) is 11.0 Å². The average Bonchev–Trinajstić information content (AvgIpc) is 3.84. The number of fused-ring (bicyclic) bond motifs is 6. The maximum atomic E-state index is 5.37. The summed E-state index contributed by atoms with van der Waals surface area (Å²) in [7, 11) is 0. The number of nitrogens with one attached hydrogen (secondary N) is 1. The molecule has 6 aromatic rings. The van der Waals surface area contributed by atoms with Gasteiger partial charge in [0.25, 0.3) is 0 Å². The second-order valence-corrected chi connectivity index (χ2v) is 17.7. The molecule has 4 nitrogen and oxygen atoms in total. The maximum absolute atomic E-state index is 5.37. The summed E-state index contributed by atoms with van der Waals surface area (Å²) in [5.41, 5.74) is 12.5. The van der Waals surface area contributed by atoms with Crippen molar-refractivity contribution in [1.29, 1.82) is 0 Å². The van der Waals surface area contributed by atoms with Gasteiger partial charge < -0.3 is 10.2 Å². The summed E-state index contributed by atoms with van der Waals surface area (Å²) in [5, 5.41) is 7.79. The quantitative estimate of drug-likeness (QED) is 0.190. The Balaban J connectivity index is 1.38. The van der Waals surface area contributed by atoms with Gasteiger partial charge in [0.05, 0.1) is 22.6 Å². The van der Waals surface area contributed by atoms with E-state index in [2.05, 4.69) is 139 Å². The third-order valence-corrected chi connectivity index (χ3v) is 12.7. The van der Waals surface area contributed by atoms with Crippen molar-refractivity contribution in [2.24, 2.45) is 5.92 Å². The summed E-state index contributed by atoms with van der Waals surface area (Å²) in [4.78, 5) is 14.4. The van der Waals surface area contributed by atoms with Crippen LogP contribution in [0.3, 0.4) is 0 Å². The van der Waals surface area contributed by atoms with Crippen molar-refractivity contribution in [1.82, 2.24) is 9.97 Å². The van der Waals surface area contributed by atoms with Crippen LogP contribution in [-0.4, -0.2) is 9.97 Å². The lowest BCUT2D eigenvalue weighted by molar-refractivity contribution is 0.454. The summed E-state index contributed by atoms with van der Waals surface area (Å²) < 4.78 is 1.31. The van der Waals surface area contributed by atoms with Crippen LogP contribution >= 0.6 is 11.3 Å². The van der Waals surface area contributed by atoms with E-state index < -0.39 is 0 Å². The fraction of sp³-hybridized carbons (Fsp3) is 0.422. The van der Waals surface area contributed by atoms with E-state index >= 15 is 0 Å². The summed E-state index contributed by atoms with van der Waals surface area (Å²) in [6, 6.07) is 25.3. The molecule has 0 saturated heterocycles. The van der Waals surface area contributed by atoms with Crippen LogP contribution in [0.2, 0.25) is 0 Å². The first-order chi connectivity index (χ1) is 23.9. The molecule has 8 rings (SSSR count). The number of benzene rings is 3. The van der Waals surface area contributed by atoms with Crippen LogP contribution < -0.4 is 10.2 Å². The molecule has 1 fully saturated rings. The minimum Gasteiger partial charge on any atom is -0.359 e. The molecule has 3 aromatic heterocycles. The van der Waals surface area contributed by atoms with Gasteiger partial charge in [0.15, 0.2) is 0 Å². The number of pyridine rings is 2. The Labute approximate surface area is 302 Å². The monoisotopic (exact) mass is 680 g/mol. The van der Waals surface area contributed by atoms with E-state index in [0.29, 0.717) is 17.8 Å². The highest BCUT2D eigenvalue weighted by Gasteiger charge is 2.38. The van der Waals surface area contributed by atoms with Crippen LogP contribution in [0.15, 0.2) is 66.7 Å². The van der Waals surface area contributed by atoms with E-state index in [1.807, 2.05) is 11.3 Å². The normalized spacial score (nSPS) is 17.5. The number of aryl methyl sites for hydroxylation is 1. The van der Waals surface area contributed by atoms with Gasteiger partial charge in [-0.2, -0.15) is 0 Å². The van der Waals surface area contributed by atoms with E-state index in [9.17, 15) is 0 Å². The molecular weight excluding hydrogens is 629 g/mol. The SMILES string of the molecule is Cc1ccc2ccc3c(c2n1)N(c1c(C(C)C)cc(C(C)(C)C)cc1C(C)C)C(c1cccc2c1sc1nc(C(C)C4CCCC4)ccc12)N3. The van der Waals surface area contributed by atoms with Crippen molar-refractivity contribution in [3.8, 4) is 0 Å². The zero-order valence-corrected chi connectivity index (χ0v) is 32.1. The maximum Gasteiger partial charge on any atom is 0.132 e. The largest absolute Gasteiger partial charge is 0.359 e. The molecule has 1 aliphatic heterocycles. The third-order valence-electron chi connectivity index (χ3n) is 11.6. The van der Waals surface area contributed by atoms with Crippen molar-refractivity contribution < 1.29 is 0 Å². The summed E-state index contributed by atoms with van der Waals surface area (Å²) in [6.45, 7) is 20.9. The molecule has 4 heterocycles. The predicted molar refractivity (Wildman–Crippen MR) is 216 cm³/mol. The van der Waals surface area contributed by atoms with Crippen LogP contribution in [-0.2, 0) is 5.41 Å². The van der Waals surface area contributed by atoms with Gasteiger partial charge in [-0.3, -0.25) is 4.98 Å². The average molecular weight is 681 g/mol. The Hall–Kier alpha value is -3.96. The molecule has 2 atom stereocenters. The summed E-state index contributed by atoms with van der Waals surface area (Å²) in [6.07, 6.45) is 5.27. The molecule has 0 amide bonds. The van der Waals surface area contributed by atoms with Gasteiger partial charge in [0.2, 0.25) is 0 Å². The van der Waals surface area contributed by atoms with Gasteiger partial charge in [-0.25, -0.2) is 4.98 Å². The molecule has 258 valence electrons. The van der Waals surface area contributed by atoms with Crippen LogP contribution in [0.5, 0.6) is 0 Å². The fourth-order valence-corrected chi connectivity index (χ4v) is 9.80. The second-order valence-electron chi connectivity index (χ2n) is 16.7. The number of aromatic nitrogens is 2. The van der Waals surface area contributed by atoms with E-state index in [0.717, 1.165) is 27.6 Å². The Morgan fingerprint density at radius 2 is 1.50 bits per heavy atom. The zero-order valence-electron chi connectivity index (χ0n) is 31.3. The smallest absolute Gasteiger partial charge is 0.132 e. The predicted octanol–water partition coefficient (Wildman–Crippen LogP) is 13.4. The second kappa shape index (κ2) is 12.4. The van der Waals surface area contributed by atoms with Crippen LogP contribution in [0, 0.1) is 12.8 Å². The standard InChI is InChI=1S/C45H52N4S/c1-25(2)35-23-31(45(7,8)9)24-36(26(3)4)40(35)49-41-38(21-19-30-18-17-27(5)46-39(30)41)47-43(49)34-16-12-15-32-33-20-22-37(48-44(33)50-42(32)34)28(6)29-13-10-11-14-29/h12,15-26,28-29,43,47H,10-11,13-14H2,1-9H3. The van der Waals surface area contributed by atoms with Gasteiger partial charge >= 0.3 is 0 Å². The molecule has 2 unspecified atom stereocenters. The van der Waals surface area contributed by atoms with Crippen LogP contribution in [0.25, 0.3) is 31.2 Å². The van der Waals surface area contributed by atoms with E-state index in [1.54, 1.807) is 0 Å². The molecule has 0 radical (unpaired) electrons. The molecule has 0 bridgehead atoms. The molecule has 1 aliphatic carbocycles. The number of rotatable bonds is 6. The number of anilines is 3. The minimum absolute atomic E-state index is 0.0432. The number of hydrogen-bond acceptors (Lipinski definition) is 5. The molecule has 3 aromatic carbocycles. The highest BCUT2D eigenvalue weighted by molar-refractivity contribution is 7.25. The highest BCUT2D eigenvalue weighted by Crippen LogP contribution is 2.55. The highest BCUT2D eigenvalue weighted by atomic mass is 32.1. The summed E-state index contributed by atoms with van der Waals surface area (Å²) >= 11 is 1.86. The number of thiophene rings is 1. The van der Waals surface area contributed by atoms with Crippen molar-refractivity contribution in [2.45, 2.75) is 117 Å². The van der Waals surface area contributed by atoms with Gasteiger partial charge in [-0.05, 0) is 83.9 Å². The van der Waals surface area contributed by atoms with E-state index in [-0.39, 0.29) is 11.6 Å². The Kier molecular flexibility index (Phi) is 8.21. The molecule has 1 saturated carbocycles. The first kappa shape index (κ1) is 33.2. The Morgan fingerprint density at radius 3 is 2.18 bits per heavy atom. The van der Waals surface area contributed by atoms with Crippen molar-refractivity contribution in [3.05, 3.63) is 100 Å². The topological polar surface area (TPSA) is 41.1 Å². The molecule has 5 heteroatoms. The van der Waals surface area contributed by atoms with Gasteiger partial charge in [-0.1, -0.05) is 111 Å². The summed E-state index contributed by atoms with van der Waals surface area (Å²) in [5.74, 6) is 1.92. The van der Waals surface area contributed by atoms with Gasteiger partial charge in [0, 0.05) is 43.7 Å². The minimum atomic E-state index is -0.109. The third kappa shape index (κ3) is 5.48. The first-order valence-corrected chi connectivity index (χ1v) is 19.7. The van der Waals surface area contributed by atoms with Crippen molar-refractivity contribution in [3.63, 3.8) is 0 Å². The van der Waals surface area contributed by atoms with Crippen LogP contribution in [0.1, 0.15) is 139 Å². The lowest BCUT2D eigenvalue weighted by atomic mass is 9.80. The Morgan fingerprint density at radius 1 is 0.800 bits per heavy atom. The number of hydrogen-bond donors (Lipinski definition) is 1. The molecular formula is C45H52N4S. The van der Waals surface area contributed by atoms with Crippen molar-refractivity contribution in [2.75, 3.05) is 10.2 Å². The van der Waals surface area contributed by atoms with E-state index in [1.165, 1.54) is 85.9 Å². The zero-order chi connectivity index (χ0) is 35.1. The lowest BCUT2D eigenvalue weighted by Crippen LogP contribution is -2.27. The number of nitrogens with zero attached hydrogens (tertiary/aromatic N) is 3. The van der Waals surface area contributed by atoms with E-state index in [4.69, 9.17) is 9.97 Å². The molecule has 0 spiro atoms. The molecule has 1 N–H and O–H groups in total. The van der Waals surface area contributed by atoms with Gasteiger partial charge in [-0.15, -0.1) is 11.3 Å². The van der Waals surface area contributed by atoms with Crippen molar-refractivity contribution >= 4 is 59.6 Å². The fourth-order valence-electron chi connectivity index (χ4n) is 8.58. The molecule has 2 aliphatic rings.